The molecular formula is C13H18N2S. The molecule has 0 amide bonds. The number of aryl methyl sites for hydroxylation is 3. The van der Waals surface area contributed by atoms with Crippen LogP contribution in [0.2, 0.25) is 0 Å². The van der Waals surface area contributed by atoms with E-state index in [2.05, 4.69) is 43.5 Å². The molecule has 1 saturated carbocycles. The number of anilines is 1. The smallest absolute Gasteiger partial charge is 0.171 e. The number of benzene rings is 1. The Morgan fingerprint density at radius 2 is 1.75 bits per heavy atom. The first-order chi connectivity index (χ1) is 7.56. The van der Waals surface area contributed by atoms with Crippen LogP contribution < -0.4 is 10.6 Å². The highest BCUT2D eigenvalue weighted by atomic mass is 32.1. The predicted octanol–water partition coefficient (Wildman–Crippen LogP) is 3.06. The van der Waals surface area contributed by atoms with Crippen molar-refractivity contribution in [1.82, 2.24) is 5.32 Å². The zero-order chi connectivity index (χ0) is 11.7. The first-order valence-corrected chi connectivity index (χ1v) is 6.12. The van der Waals surface area contributed by atoms with E-state index in [1.54, 1.807) is 0 Å². The van der Waals surface area contributed by atoms with Crippen molar-refractivity contribution in [1.29, 1.82) is 0 Å². The fraction of sp³-hybridized carbons (Fsp3) is 0.462. The highest BCUT2D eigenvalue weighted by Gasteiger charge is 2.21. The monoisotopic (exact) mass is 234 g/mol. The first kappa shape index (κ1) is 11.4. The van der Waals surface area contributed by atoms with Gasteiger partial charge in [0.25, 0.3) is 0 Å². The van der Waals surface area contributed by atoms with Gasteiger partial charge in [0.2, 0.25) is 0 Å². The van der Waals surface area contributed by atoms with E-state index in [0.29, 0.717) is 6.04 Å². The van der Waals surface area contributed by atoms with Gasteiger partial charge >= 0.3 is 0 Å². The third kappa shape index (κ3) is 2.73. The van der Waals surface area contributed by atoms with Crippen LogP contribution in [0.3, 0.4) is 0 Å². The van der Waals surface area contributed by atoms with Crippen molar-refractivity contribution in [2.45, 2.75) is 39.7 Å². The number of nitrogens with one attached hydrogen (secondary N) is 2. The van der Waals surface area contributed by atoms with Gasteiger partial charge in [0.15, 0.2) is 5.11 Å². The third-order valence-corrected chi connectivity index (χ3v) is 3.22. The highest BCUT2D eigenvalue weighted by molar-refractivity contribution is 7.80. The largest absolute Gasteiger partial charge is 0.360 e. The van der Waals surface area contributed by atoms with Crippen molar-refractivity contribution < 1.29 is 0 Å². The van der Waals surface area contributed by atoms with Crippen LogP contribution in [0.4, 0.5) is 5.69 Å². The fourth-order valence-electron chi connectivity index (χ4n) is 1.67. The van der Waals surface area contributed by atoms with Crippen LogP contribution in [0, 0.1) is 20.8 Å². The minimum Gasteiger partial charge on any atom is -0.360 e. The summed E-state index contributed by atoms with van der Waals surface area (Å²) in [5, 5.41) is 7.30. The molecule has 0 heterocycles. The van der Waals surface area contributed by atoms with E-state index >= 15 is 0 Å². The SMILES string of the molecule is Cc1cc(C)c(NC(=S)NC2CC2)cc1C. The third-order valence-electron chi connectivity index (χ3n) is 3.00. The lowest BCUT2D eigenvalue weighted by atomic mass is 10.1. The maximum atomic E-state index is 5.27. The van der Waals surface area contributed by atoms with Gasteiger partial charge in [0, 0.05) is 11.7 Å². The van der Waals surface area contributed by atoms with Crippen LogP contribution in [-0.2, 0) is 0 Å². The molecule has 2 N–H and O–H groups in total. The standard InChI is InChI=1S/C13H18N2S/c1-8-6-10(3)12(7-9(8)2)15-13(16)14-11-4-5-11/h6-7,11H,4-5H2,1-3H3,(H2,14,15,16). The second kappa shape index (κ2) is 4.42. The summed E-state index contributed by atoms with van der Waals surface area (Å²) in [6.45, 7) is 6.36. The zero-order valence-electron chi connectivity index (χ0n) is 10.1. The average molecular weight is 234 g/mol. The van der Waals surface area contributed by atoms with Crippen LogP contribution in [0.1, 0.15) is 29.5 Å². The highest BCUT2D eigenvalue weighted by Crippen LogP contribution is 2.21. The molecule has 86 valence electrons. The van der Waals surface area contributed by atoms with Crippen LogP contribution in [0.5, 0.6) is 0 Å². The predicted molar refractivity (Wildman–Crippen MR) is 73.0 cm³/mol. The lowest BCUT2D eigenvalue weighted by Gasteiger charge is -2.14. The van der Waals surface area contributed by atoms with E-state index in [9.17, 15) is 0 Å². The van der Waals surface area contributed by atoms with Gasteiger partial charge in [-0.05, 0) is 68.6 Å². The van der Waals surface area contributed by atoms with Gasteiger partial charge in [-0.25, -0.2) is 0 Å². The molecule has 0 atom stereocenters. The molecular weight excluding hydrogens is 216 g/mol. The molecule has 0 aromatic heterocycles. The molecule has 1 aromatic carbocycles. The number of thiocarbonyl (C=S) groups is 1. The Labute approximate surface area is 102 Å². The molecule has 1 aliphatic carbocycles. The van der Waals surface area contributed by atoms with E-state index in [-0.39, 0.29) is 0 Å². The van der Waals surface area contributed by atoms with Gasteiger partial charge in [0.05, 0.1) is 0 Å². The van der Waals surface area contributed by atoms with Crippen LogP contribution >= 0.6 is 12.2 Å². The van der Waals surface area contributed by atoms with Crippen LogP contribution in [-0.4, -0.2) is 11.2 Å². The van der Waals surface area contributed by atoms with Crippen molar-refractivity contribution in [2.75, 3.05) is 5.32 Å². The van der Waals surface area contributed by atoms with Crippen LogP contribution in [0.25, 0.3) is 0 Å². The summed E-state index contributed by atoms with van der Waals surface area (Å²) < 4.78 is 0. The summed E-state index contributed by atoms with van der Waals surface area (Å²) in [6, 6.07) is 4.95. The lowest BCUT2D eigenvalue weighted by molar-refractivity contribution is 0.919. The molecule has 2 nitrogen and oxygen atoms in total. The Morgan fingerprint density at radius 3 is 2.38 bits per heavy atom. The number of rotatable bonds is 2. The van der Waals surface area contributed by atoms with Crippen molar-refractivity contribution in [3.8, 4) is 0 Å². The topological polar surface area (TPSA) is 24.1 Å². The van der Waals surface area contributed by atoms with Crippen molar-refractivity contribution in [3.05, 3.63) is 28.8 Å². The molecule has 2 rings (SSSR count). The second-order valence-corrected chi connectivity index (χ2v) is 5.03. The van der Waals surface area contributed by atoms with Gasteiger partial charge in [-0.1, -0.05) is 6.07 Å². The fourth-order valence-corrected chi connectivity index (χ4v) is 1.94. The van der Waals surface area contributed by atoms with E-state index in [4.69, 9.17) is 12.2 Å². The molecule has 0 unspecified atom stereocenters. The molecule has 0 saturated heterocycles. The Kier molecular flexibility index (Phi) is 3.15. The molecule has 0 radical (unpaired) electrons. The molecule has 16 heavy (non-hydrogen) atoms. The van der Waals surface area contributed by atoms with Gasteiger partial charge in [-0.15, -0.1) is 0 Å². The Hall–Kier alpha value is -1.09. The Morgan fingerprint density at radius 1 is 1.12 bits per heavy atom. The van der Waals surface area contributed by atoms with Gasteiger partial charge < -0.3 is 10.6 Å². The molecule has 0 bridgehead atoms. The molecule has 1 fully saturated rings. The quantitative estimate of drug-likeness (QED) is 0.769. The lowest BCUT2D eigenvalue weighted by Crippen LogP contribution is -2.30. The van der Waals surface area contributed by atoms with Gasteiger partial charge in [-0.3, -0.25) is 0 Å². The van der Waals surface area contributed by atoms with E-state index in [0.717, 1.165) is 10.8 Å². The first-order valence-electron chi connectivity index (χ1n) is 5.71. The maximum Gasteiger partial charge on any atom is 0.171 e. The molecule has 3 heteroatoms. The van der Waals surface area contributed by atoms with E-state index in [1.165, 1.54) is 29.5 Å². The van der Waals surface area contributed by atoms with E-state index in [1.807, 2.05) is 0 Å². The summed E-state index contributed by atoms with van der Waals surface area (Å²) >= 11 is 5.27. The minimum absolute atomic E-state index is 0.604. The summed E-state index contributed by atoms with van der Waals surface area (Å²) in [7, 11) is 0. The molecule has 0 spiro atoms. The molecule has 1 aromatic rings. The Bertz CT molecular complexity index is 422. The maximum absolute atomic E-state index is 5.27. The average Bonchev–Trinajstić information content (AvgIpc) is 2.98. The van der Waals surface area contributed by atoms with Gasteiger partial charge in [-0.2, -0.15) is 0 Å². The Balaban J connectivity index is 2.07. The van der Waals surface area contributed by atoms with Crippen molar-refractivity contribution in [2.24, 2.45) is 0 Å². The summed E-state index contributed by atoms with van der Waals surface area (Å²) in [5.41, 5.74) is 4.97. The molecule has 0 aliphatic heterocycles. The summed E-state index contributed by atoms with van der Waals surface area (Å²) in [5.74, 6) is 0. The summed E-state index contributed by atoms with van der Waals surface area (Å²) in [6.07, 6.45) is 2.49. The molecule has 1 aliphatic rings. The van der Waals surface area contributed by atoms with Crippen molar-refractivity contribution in [3.63, 3.8) is 0 Å². The van der Waals surface area contributed by atoms with Gasteiger partial charge in [0.1, 0.15) is 0 Å². The normalized spacial score (nSPS) is 14.7. The number of hydrogen-bond acceptors (Lipinski definition) is 1. The van der Waals surface area contributed by atoms with Crippen molar-refractivity contribution >= 4 is 23.0 Å². The minimum atomic E-state index is 0.604. The van der Waals surface area contributed by atoms with E-state index < -0.39 is 0 Å². The second-order valence-electron chi connectivity index (χ2n) is 4.62. The van der Waals surface area contributed by atoms with Crippen LogP contribution in [0.15, 0.2) is 12.1 Å². The zero-order valence-corrected chi connectivity index (χ0v) is 10.9. The summed E-state index contributed by atoms with van der Waals surface area (Å²) in [4.78, 5) is 0. The number of hydrogen-bond donors (Lipinski definition) is 2.